The van der Waals surface area contributed by atoms with E-state index in [2.05, 4.69) is 5.32 Å². The summed E-state index contributed by atoms with van der Waals surface area (Å²) in [5.74, 6) is -0.613. The molecule has 1 unspecified atom stereocenters. The van der Waals surface area contributed by atoms with Gasteiger partial charge >= 0.3 is 0 Å². The van der Waals surface area contributed by atoms with E-state index in [9.17, 15) is 19.2 Å². The van der Waals surface area contributed by atoms with Crippen LogP contribution in [0.1, 0.15) is 12.5 Å². The lowest BCUT2D eigenvalue weighted by atomic mass is 10.1. The molecule has 3 amide bonds. The molecule has 25 heavy (non-hydrogen) atoms. The number of amides is 3. The average Bonchev–Trinajstić information content (AvgIpc) is 2.60. The van der Waals surface area contributed by atoms with Crippen LogP contribution in [0.25, 0.3) is 6.08 Å². The molecule has 1 aromatic carbocycles. The van der Waals surface area contributed by atoms with Crippen molar-refractivity contribution >= 4 is 46.9 Å². The standard InChI is InChI=1S/C16H17N3O5S/c1-9(15(17)22)19-12-6-10(3-4-13(12)24-8-14(19)21)5-11(7-20)25-16(23)18-2/h3-7,9H,8H2,1-2H3,(H2,17,22)(H,18,23)/b11-5-. The second-order valence-corrected chi connectivity index (χ2v) is 6.21. The minimum atomic E-state index is -0.847. The normalized spacial score (nSPS) is 15.0. The smallest absolute Gasteiger partial charge is 0.283 e. The highest BCUT2D eigenvalue weighted by Gasteiger charge is 2.32. The first kappa shape index (κ1) is 18.5. The molecular formula is C16H17N3O5S. The van der Waals surface area contributed by atoms with Crippen molar-refractivity contribution in [3.05, 3.63) is 28.7 Å². The minimum absolute atomic E-state index is 0.189. The zero-order valence-corrected chi connectivity index (χ0v) is 14.5. The van der Waals surface area contributed by atoms with Gasteiger partial charge in [0.25, 0.3) is 11.1 Å². The summed E-state index contributed by atoms with van der Waals surface area (Å²) in [6, 6.07) is 4.05. The molecule has 0 fully saturated rings. The van der Waals surface area contributed by atoms with Crippen molar-refractivity contribution in [1.82, 2.24) is 5.32 Å². The maximum absolute atomic E-state index is 12.1. The molecule has 0 radical (unpaired) electrons. The highest BCUT2D eigenvalue weighted by molar-refractivity contribution is 8.17. The van der Waals surface area contributed by atoms with E-state index in [1.807, 2.05) is 0 Å². The van der Waals surface area contributed by atoms with Crippen molar-refractivity contribution in [2.24, 2.45) is 5.73 Å². The lowest BCUT2D eigenvalue weighted by molar-refractivity contribution is -0.126. The number of ether oxygens (including phenoxy) is 1. The number of allylic oxidation sites excluding steroid dienone is 1. The Labute approximate surface area is 148 Å². The van der Waals surface area contributed by atoms with Gasteiger partial charge in [-0.25, -0.2) is 0 Å². The maximum Gasteiger partial charge on any atom is 0.283 e. The minimum Gasteiger partial charge on any atom is -0.482 e. The Morgan fingerprint density at radius 1 is 1.44 bits per heavy atom. The Bertz CT molecular complexity index is 762. The average molecular weight is 363 g/mol. The van der Waals surface area contributed by atoms with Crippen LogP contribution in [-0.2, 0) is 14.4 Å². The number of fused-ring (bicyclic) bond motifs is 1. The summed E-state index contributed by atoms with van der Waals surface area (Å²) in [6.45, 7) is 1.34. The lowest BCUT2D eigenvalue weighted by Crippen LogP contribution is -2.50. The Morgan fingerprint density at radius 3 is 2.76 bits per heavy atom. The number of benzene rings is 1. The summed E-state index contributed by atoms with van der Waals surface area (Å²) in [6.07, 6.45) is 2.06. The number of carbonyl (C=O) groups excluding carboxylic acids is 4. The summed E-state index contributed by atoms with van der Waals surface area (Å²) in [5, 5.41) is 2.03. The summed E-state index contributed by atoms with van der Waals surface area (Å²) in [5.41, 5.74) is 6.26. The van der Waals surface area contributed by atoms with Crippen LogP contribution in [-0.4, -0.2) is 43.0 Å². The number of rotatable bonds is 5. The van der Waals surface area contributed by atoms with E-state index in [1.165, 1.54) is 24.9 Å². The number of carbonyl (C=O) groups is 4. The molecule has 1 heterocycles. The van der Waals surface area contributed by atoms with E-state index in [4.69, 9.17) is 10.5 Å². The maximum atomic E-state index is 12.1. The van der Waals surface area contributed by atoms with E-state index >= 15 is 0 Å². The molecule has 8 nitrogen and oxygen atoms in total. The van der Waals surface area contributed by atoms with Crippen LogP contribution in [0.2, 0.25) is 0 Å². The van der Waals surface area contributed by atoms with Gasteiger partial charge in [0, 0.05) is 7.05 Å². The molecule has 0 aromatic heterocycles. The molecular weight excluding hydrogens is 346 g/mol. The third-order valence-electron chi connectivity index (χ3n) is 3.50. The van der Waals surface area contributed by atoms with Gasteiger partial charge in [0.05, 0.1) is 10.6 Å². The van der Waals surface area contributed by atoms with E-state index in [0.29, 0.717) is 23.3 Å². The van der Waals surface area contributed by atoms with Gasteiger partial charge in [0.15, 0.2) is 12.9 Å². The second-order valence-electron chi connectivity index (χ2n) is 5.16. The van der Waals surface area contributed by atoms with Gasteiger partial charge in [-0.1, -0.05) is 6.07 Å². The molecule has 0 saturated carbocycles. The lowest BCUT2D eigenvalue weighted by Gasteiger charge is -2.32. The fourth-order valence-electron chi connectivity index (χ4n) is 2.24. The molecule has 1 atom stereocenters. The first-order valence-corrected chi connectivity index (χ1v) is 8.13. The van der Waals surface area contributed by atoms with Gasteiger partial charge in [0.2, 0.25) is 5.91 Å². The molecule has 3 N–H and O–H groups in total. The topological polar surface area (TPSA) is 119 Å². The fourth-order valence-corrected chi connectivity index (χ4v) is 2.80. The predicted molar refractivity (Wildman–Crippen MR) is 94.2 cm³/mol. The third kappa shape index (κ3) is 4.18. The Balaban J connectivity index is 2.42. The van der Waals surface area contributed by atoms with Gasteiger partial charge in [-0.2, -0.15) is 0 Å². The number of thioether (sulfide) groups is 1. The van der Waals surface area contributed by atoms with Gasteiger partial charge < -0.3 is 15.8 Å². The molecule has 0 spiro atoms. The van der Waals surface area contributed by atoms with Crippen molar-refractivity contribution in [1.29, 1.82) is 0 Å². The number of nitrogens with zero attached hydrogens (tertiary/aromatic N) is 1. The van der Waals surface area contributed by atoms with Crippen LogP contribution in [0.3, 0.4) is 0 Å². The molecule has 9 heteroatoms. The zero-order valence-electron chi connectivity index (χ0n) is 13.6. The molecule has 132 valence electrons. The number of primary amides is 1. The van der Waals surface area contributed by atoms with Crippen LogP contribution in [0.4, 0.5) is 10.5 Å². The molecule has 0 bridgehead atoms. The van der Waals surface area contributed by atoms with Gasteiger partial charge in [-0.05, 0) is 42.5 Å². The highest BCUT2D eigenvalue weighted by atomic mass is 32.2. The highest BCUT2D eigenvalue weighted by Crippen LogP contribution is 2.35. The number of hydrogen-bond donors (Lipinski definition) is 2. The van der Waals surface area contributed by atoms with E-state index in [1.54, 1.807) is 18.2 Å². The van der Waals surface area contributed by atoms with Crippen LogP contribution >= 0.6 is 11.8 Å². The van der Waals surface area contributed by atoms with Crippen LogP contribution in [0.5, 0.6) is 5.75 Å². The van der Waals surface area contributed by atoms with E-state index in [0.717, 1.165) is 11.8 Å². The molecule has 2 rings (SSSR count). The Kier molecular flexibility index (Phi) is 5.81. The number of nitrogens with one attached hydrogen (secondary N) is 1. The number of nitrogens with two attached hydrogens (primary N) is 1. The van der Waals surface area contributed by atoms with Crippen molar-refractivity contribution < 1.29 is 23.9 Å². The first-order valence-electron chi connectivity index (χ1n) is 7.32. The summed E-state index contributed by atoms with van der Waals surface area (Å²) in [4.78, 5) is 47.6. The first-order chi connectivity index (χ1) is 11.9. The van der Waals surface area contributed by atoms with E-state index < -0.39 is 17.9 Å². The van der Waals surface area contributed by atoms with Gasteiger partial charge in [-0.15, -0.1) is 0 Å². The van der Waals surface area contributed by atoms with Gasteiger partial charge in [-0.3, -0.25) is 24.1 Å². The number of aldehydes is 1. The third-order valence-corrected chi connectivity index (χ3v) is 4.34. The summed E-state index contributed by atoms with van der Waals surface area (Å²) >= 11 is 0.747. The van der Waals surface area contributed by atoms with Gasteiger partial charge in [0.1, 0.15) is 11.8 Å². The van der Waals surface area contributed by atoms with Crippen molar-refractivity contribution in [3.63, 3.8) is 0 Å². The Morgan fingerprint density at radius 2 is 2.16 bits per heavy atom. The summed E-state index contributed by atoms with van der Waals surface area (Å²) in [7, 11) is 1.46. The molecule has 1 aliphatic heterocycles. The molecule has 1 aromatic rings. The molecule has 1 aliphatic rings. The second kappa shape index (κ2) is 7.84. The molecule has 0 aliphatic carbocycles. The van der Waals surface area contributed by atoms with Crippen molar-refractivity contribution in [2.75, 3.05) is 18.6 Å². The SMILES string of the molecule is CNC(=O)S/C(C=O)=C\c1ccc2c(c1)N(C(C)C(N)=O)C(=O)CO2. The van der Waals surface area contributed by atoms with Crippen LogP contribution in [0.15, 0.2) is 23.1 Å². The quantitative estimate of drug-likeness (QED) is 0.592. The predicted octanol–water partition coefficient (Wildman–Crippen LogP) is 0.898. The monoisotopic (exact) mass is 363 g/mol. The fraction of sp³-hybridized carbons (Fsp3) is 0.250. The largest absolute Gasteiger partial charge is 0.482 e. The molecule has 0 saturated heterocycles. The Hall–Kier alpha value is -2.81. The number of hydrogen-bond acceptors (Lipinski definition) is 6. The number of anilines is 1. The zero-order chi connectivity index (χ0) is 18.6. The van der Waals surface area contributed by atoms with Crippen molar-refractivity contribution in [2.45, 2.75) is 13.0 Å². The van der Waals surface area contributed by atoms with Crippen LogP contribution < -0.4 is 20.7 Å². The van der Waals surface area contributed by atoms with E-state index in [-0.39, 0.29) is 16.8 Å². The van der Waals surface area contributed by atoms with Crippen molar-refractivity contribution in [3.8, 4) is 5.75 Å². The van der Waals surface area contributed by atoms with Crippen LogP contribution in [0, 0.1) is 0 Å². The summed E-state index contributed by atoms with van der Waals surface area (Å²) < 4.78 is 5.36.